The fourth-order valence-corrected chi connectivity index (χ4v) is 3.92. The highest BCUT2D eigenvalue weighted by Gasteiger charge is 2.34. The second kappa shape index (κ2) is 6.27. The molecule has 0 aromatic heterocycles. The van der Waals surface area contributed by atoms with Crippen LogP contribution >= 0.6 is 11.8 Å². The largest absolute Gasteiger partial charge is 0.383 e. The van der Waals surface area contributed by atoms with Crippen molar-refractivity contribution in [1.29, 1.82) is 0 Å². The molecule has 2 nitrogen and oxygen atoms in total. The minimum Gasteiger partial charge on any atom is -0.383 e. The molecule has 94 valence electrons. The van der Waals surface area contributed by atoms with E-state index in [0.717, 1.165) is 23.8 Å². The Kier molecular flexibility index (Phi) is 4.98. The summed E-state index contributed by atoms with van der Waals surface area (Å²) in [6.45, 7) is 3.16. The molecule has 0 amide bonds. The Morgan fingerprint density at radius 2 is 2.12 bits per heavy atom. The lowest BCUT2D eigenvalue weighted by Gasteiger charge is -2.22. The van der Waals surface area contributed by atoms with Crippen LogP contribution < -0.4 is 5.32 Å². The van der Waals surface area contributed by atoms with Crippen molar-refractivity contribution < 1.29 is 4.74 Å². The van der Waals surface area contributed by atoms with Crippen LogP contribution in [0.5, 0.6) is 0 Å². The highest BCUT2D eigenvalue weighted by atomic mass is 32.2. The number of thioether (sulfide) groups is 1. The highest BCUT2D eigenvalue weighted by molar-refractivity contribution is 7.99. The maximum Gasteiger partial charge on any atom is 0.0618 e. The summed E-state index contributed by atoms with van der Waals surface area (Å²) in [5.74, 6) is 2.17. The molecule has 0 saturated heterocycles. The molecule has 2 aliphatic carbocycles. The Bertz CT molecular complexity index is 208. The van der Waals surface area contributed by atoms with E-state index in [0.29, 0.717) is 6.04 Å². The van der Waals surface area contributed by atoms with Gasteiger partial charge in [0.25, 0.3) is 0 Å². The molecule has 0 radical (unpaired) electrons. The van der Waals surface area contributed by atoms with Gasteiger partial charge in [-0.3, -0.25) is 0 Å². The van der Waals surface area contributed by atoms with Gasteiger partial charge in [-0.2, -0.15) is 11.8 Å². The second-order valence-corrected chi connectivity index (χ2v) is 6.73. The van der Waals surface area contributed by atoms with Gasteiger partial charge < -0.3 is 10.1 Å². The number of ether oxygens (including phenoxy) is 1. The molecule has 3 atom stereocenters. The number of rotatable bonds is 7. The summed E-state index contributed by atoms with van der Waals surface area (Å²) in [5, 5.41) is 4.74. The normalized spacial score (nSPS) is 31.9. The topological polar surface area (TPSA) is 21.3 Å². The zero-order valence-corrected chi connectivity index (χ0v) is 11.4. The van der Waals surface area contributed by atoms with Crippen LogP contribution in [0.15, 0.2) is 0 Å². The molecule has 2 saturated carbocycles. The van der Waals surface area contributed by atoms with E-state index in [4.69, 9.17) is 4.74 Å². The molecule has 16 heavy (non-hydrogen) atoms. The van der Waals surface area contributed by atoms with Crippen LogP contribution in [-0.2, 0) is 4.74 Å². The smallest absolute Gasteiger partial charge is 0.0618 e. The Hall–Kier alpha value is 0.270. The zero-order chi connectivity index (χ0) is 11.4. The molecule has 0 aromatic rings. The van der Waals surface area contributed by atoms with Gasteiger partial charge in [0.05, 0.1) is 6.61 Å². The van der Waals surface area contributed by atoms with E-state index >= 15 is 0 Å². The van der Waals surface area contributed by atoms with Gasteiger partial charge >= 0.3 is 0 Å². The van der Waals surface area contributed by atoms with Crippen molar-refractivity contribution in [3.05, 3.63) is 0 Å². The molecule has 2 rings (SSSR count). The van der Waals surface area contributed by atoms with E-state index in [1.165, 1.54) is 37.9 Å². The molecule has 0 aliphatic heterocycles. The molecule has 0 aromatic carbocycles. The number of nitrogens with one attached hydrogen (secondary N) is 1. The van der Waals surface area contributed by atoms with E-state index in [9.17, 15) is 0 Å². The van der Waals surface area contributed by atoms with E-state index in [-0.39, 0.29) is 0 Å². The third-order valence-electron chi connectivity index (χ3n) is 3.77. The summed E-state index contributed by atoms with van der Waals surface area (Å²) in [6.07, 6.45) is 6.94. The lowest BCUT2D eigenvalue weighted by atomic mass is 10.1. The number of hydrogen-bond donors (Lipinski definition) is 1. The third kappa shape index (κ3) is 3.64. The first-order valence-electron chi connectivity index (χ1n) is 6.70. The van der Waals surface area contributed by atoms with Gasteiger partial charge in [0.2, 0.25) is 0 Å². The van der Waals surface area contributed by atoms with Crippen molar-refractivity contribution >= 4 is 11.8 Å². The third-order valence-corrected chi connectivity index (χ3v) is 5.01. The van der Waals surface area contributed by atoms with Crippen LogP contribution in [0.25, 0.3) is 0 Å². The van der Waals surface area contributed by atoms with Crippen molar-refractivity contribution in [2.45, 2.75) is 56.4 Å². The molecular formula is C13H25NOS. The fourth-order valence-electron chi connectivity index (χ4n) is 2.78. The summed E-state index contributed by atoms with van der Waals surface area (Å²) in [7, 11) is 1.82. The highest BCUT2D eigenvalue weighted by Crippen LogP contribution is 2.35. The van der Waals surface area contributed by atoms with Crippen molar-refractivity contribution in [1.82, 2.24) is 5.32 Å². The Morgan fingerprint density at radius 3 is 2.75 bits per heavy atom. The first-order chi connectivity index (χ1) is 7.83. The van der Waals surface area contributed by atoms with Crippen molar-refractivity contribution in [2.75, 3.05) is 19.5 Å². The molecule has 3 heteroatoms. The van der Waals surface area contributed by atoms with E-state index < -0.39 is 0 Å². The SMILES string of the molecule is CCSC1CCC(NC(COC)C2CC2)C1. The quantitative estimate of drug-likeness (QED) is 0.743. The summed E-state index contributed by atoms with van der Waals surface area (Å²) >= 11 is 2.14. The van der Waals surface area contributed by atoms with Gasteiger partial charge in [-0.25, -0.2) is 0 Å². The van der Waals surface area contributed by atoms with Gasteiger partial charge in [0.1, 0.15) is 0 Å². The second-order valence-electron chi connectivity index (χ2n) is 5.15. The molecule has 0 heterocycles. The Morgan fingerprint density at radius 1 is 1.31 bits per heavy atom. The summed E-state index contributed by atoms with van der Waals surface area (Å²) in [4.78, 5) is 0. The average molecular weight is 243 g/mol. The van der Waals surface area contributed by atoms with Crippen molar-refractivity contribution in [3.8, 4) is 0 Å². The summed E-state index contributed by atoms with van der Waals surface area (Å²) < 4.78 is 5.32. The first-order valence-corrected chi connectivity index (χ1v) is 7.75. The molecule has 1 N–H and O–H groups in total. The van der Waals surface area contributed by atoms with Crippen molar-refractivity contribution in [3.63, 3.8) is 0 Å². The van der Waals surface area contributed by atoms with Gasteiger partial charge in [-0.05, 0) is 43.8 Å². The van der Waals surface area contributed by atoms with E-state index in [1.807, 2.05) is 7.11 Å². The number of methoxy groups -OCH3 is 1. The van der Waals surface area contributed by atoms with Crippen LogP contribution in [-0.4, -0.2) is 36.8 Å². The molecule has 2 fully saturated rings. The lowest BCUT2D eigenvalue weighted by Crippen LogP contribution is -2.41. The van der Waals surface area contributed by atoms with Gasteiger partial charge in [0, 0.05) is 24.4 Å². The molecule has 0 bridgehead atoms. The first kappa shape index (κ1) is 12.7. The summed E-state index contributed by atoms with van der Waals surface area (Å²) in [5.41, 5.74) is 0. The minimum absolute atomic E-state index is 0.625. The van der Waals surface area contributed by atoms with Crippen LogP contribution in [0.1, 0.15) is 39.0 Å². The van der Waals surface area contributed by atoms with Gasteiger partial charge in [-0.1, -0.05) is 6.92 Å². The van der Waals surface area contributed by atoms with E-state index in [1.54, 1.807) is 0 Å². The van der Waals surface area contributed by atoms with Gasteiger partial charge in [-0.15, -0.1) is 0 Å². The minimum atomic E-state index is 0.625. The molecule has 3 unspecified atom stereocenters. The maximum atomic E-state index is 5.32. The predicted octanol–water partition coefficient (Wildman–Crippen LogP) is 2.68. The predicted molar refractivity (Wildman–Crippen MR) is 71.1 cm³/mol. The molecular weight excluding hydrogens is 218 g/mol. The van der Waals surface area contributed by atoms with Crippen LogP contribution in [0.4, 0.5) is 0 Å². The summed E-state index contributed by atoms with van der Waals surface area (Å²) in [6, 6.07) is 1.38. The average Bonchev–Trinajstić information content (AvgIpc) is 3.02. The monoisotopic (exact) mass is 243 g/mol. The molecule has 2 aliphatic rings. The Balaban J connectivity index is 1.71. The lowest BCUT2D eigenvalue weighted by molar-refractivity contribution is 0.151. The van der Waals surface area contributed by atoms with Crippen molar-refractivity contribution in [2.24, 2.45) is 5.92 Å². The standard InChI is InChI=1S/C13H25NOS/c1-3-16-12-7-6-11(8-12)14-13(9-15-2)10-4-5-10/h10-14H,3-9H2,1-2H3. The molecule has 0 spiro atoms. The zero-order valence-electron chi connectivity index (χ0n) is 10.6. The Labute approximate surface area is 104 Å². The van der Waals surface area contributed by atoms with Crippen LogP contribution in [0.2, 0.25) is 0 Å². The fraction of sp³-hybridized carbons (Fsp3) is 1.00. The van der Waals surface area contributed by atoms with Crippen LogP contribution in [0, 0.1) is 5.92 Å². The van der Waals surface area contributed by atoms with Gasteiger partial charge in [0.15, 0.2) is 0 Å². The van der Waals surface area contributed by atoms with Crippen LogP contribution in [0.3, 0.4) is 0 Å². The van der Waals surface area contributed by atoms with E-state index in [2.05, 4.69) is 24.0 Å². The number of hydrogen-bond acceptors (Lipinski definition) is 3. The maximum absolute atomic E-state index is 5.32.